The first-order chi connectivity index (χ1) is 30.8. The molecule has 0 aliphatic carbocycles. The highest BCUT2D eigenvalue weighted by Crippen LogP contribution is 2.51. The summed E-state index contributed by atoms with van der Waals surface area (Å²) in [5, 5.41) is 16.8. The molecule has 0 saturated heterocycles. The van der Waals surface area contributed by atoms with Gasteiger partial charge in [-0.2, -0.15) is 13.2 Å². The van der Waals surface area contributed by atoms with Crippen LogP contribution in [0.25, 0.3) is 5.57 Å². The first-order valence-electron chi connectivity index (χ1n) is 22.7. The van der Waals surface area contributed by atoms with Crippen molar-refractivity contribution in [3.63, 3.8) is 0 Å². The van der Waals surface area contributed by atoms with E-state index in [2.05, 4.69) is 26.9 Å². The highest BCUT2D eigenvalue weighted by atomic mass is 31.2. The summed E-state index contributed by atoms with van der Waals surface area (Å²) in [5.41, 5.74) is 8.47. The number of aliphatic hydroxyl groups is 1. The van der Waals surface area contributed by atoms with Crippen LogP contribution in [0, 0.1) is 0 Å². The summed E-state index contributed by atoms with van der Waals surface area (Å²) >= 11 is 0. The van der Waals surface area contributed by atoms with Gasteiger partial charge in [-0.1, -0.05) is 0 Å². The molecule has 0 aromatic heterocycles. The van der Waals surface area contributed by atoms with Crippen LogP contribution in [-0.4, -0.2) is 107 Å². The van der Waals surface area contributed by atoms with Crippen molar-refractivity contribution >= 4 is 41.9 Å². The van der Waals surface area contributed by atoms with Crippen LogP contribution in [-0.2, 0) is 48.9 Å². The number of fused-ring (bicyclic) bond motifs is 4. The number of rotatable bonds is 17. The van der Waals surface area contributed by atoms with Gasteiger partial charge in [-0.05, 0) is 106 Å². The zero-order valence-corrected chi connectivity index (χ0v) is 37.6. The van der Waals surface area contributed by atoms with E-state index in [0.717, 1.165) is 117 Å². The van der Waals surface area contributed by atoms with Crippen molar-refractivity contribution in [3.05, 3.63) is 79.9 Å². The van der Waals surface area contributed by atoms with Gasteiger partial charge in [0.1, 0.15) is 24.6 Å². The molecule has 344 valence electrons. The summed E-state index contributed by atoms with van der Waals surface area (Å²) in [5.74, 6) is -1.00. The van der Waals surface area contributed by atoms with E-state index in [0.29, 0.717) is 30.5 Å². The van der Waals surface area contributed by atoms with Gasteiger partial charge in [-0.3, -0.25) is 18.9 Å². The molecule has 1 unspecified atom stereocenters. The van der Waals surface area contributed by atoms with Crippen LogP contribution in [0.1, 0.15) is 102 Å². The Labute approximate surface area is 371 Å². The lowest BCUT2D eigenvalue weighted by Gasteiger charge is -2.39. The number of anilines is 1. The minimum Gasteiger partial charge on any atom is -0.455 e. The third kappa shape index (κ3) is 9.34. The summed E-state index contributed by atoms with van der Waals surface area (Å²) in [4.78, 5) is 41.4. The number of amides is 3. The minimum atomic E-state index is -5.00. The SMILES string of the molecule is CC(=O)NCCCCOP(=O)(OCCCCNC(=O)C(F)(F)F)c1ccc(C(=O)N(C)CCO)c(C2=c3cc4c5c(c3Oc3c2cc2c6c3CCCN6CCC2)CCC[N+]=5CCC4)c1. The van der Waals surface area contributed by atoms with Crippen LogP contribution in [0.4, 0.5) is 18.9 Å². The molecule has 0 fully saturated rings. The maximum atomic E-state index is 15.2. The molecule has 3 aromatic carbocycles. The number of alkyl halides is 3. The topological polar surface area (TPSA) is 150 Å². The number of benzene rings is 3. The maximum absolute atomic E-state index is 15.2. The minimum absolute atomic E-state index is 0.00181. The first kappa shape index (κ1) is 45.8. The normalized spacial score (nSPS) is 17.0. The summed E-state index contributed by atoms with van der Waals surface area (Å²) in [6.07, 6.45) is 3.65. The van der Waals surface area contributed by atoms with Gasteiger partial charge in [0.05, 0.1) is 30.7 Å². The van der Waals surface area contributed by atoms with E-state index in [4.69, 9.17) is 13.8 Å². The predicted molar refractivity (Wildman–Crippen MR) is 236 cm³/mol. The van der Waals surface area contributed by atoms with Gasteiger partial charge in [0.15, 0.2) is 0 Å². The second kappa shape index (κ2) is 19.4. The predicted octanol–water partition coefficient (Wildman–Crippen LogP) is 4.41. The number of halogens is 3. The molecule has 5 aliphatic rings. The average molecular weight is 909 g/mol. The molecule has 13 nitrogen and oxygen atoms in total. The molecular weight excluding hydrogens is 851 g/mol. The Morgan fingerprint density at radius 3 is 2.23 bits per heavy atom. The fourth-order valence-corrected chi connectivity index (χ4v) is 11.6. The number of hydrogen-bond donors (Lipinski definition) is 3. The maximum Gasteiger partial charge on any atom is 0.471 e. The van der Waals surface area contributed by atoms with Crippen LogP contribution in [0.5, 0.6) is 11.5 Å². The molecule has 3 N–H and O–H groups in total. The fourth-order valence-electron chi connectivity index (χ4n) is 9.93. The van der Waals surface area contributed by atoms with Gasteiger partial charge in [0, 0.05) is 98.3 Å². The van der Waals surface area contributed by atoms with Crippen molar-refractivity contribution in [2.24, 2.45) is 0 Å². The smallest absolute Gasteiger partial charge is 0.455 e. The lowest BCUT2D eigenvalue weighted by Crippen LogP contribution is -2.45. The largest absolute Gasteiger partial charge is 0.471 e. The molecule has 3 amide bonds. The highest BCUT2D eigenvalue weighted by Gasteiger charge is 2.39. The third-order valence-corrected chi connectivity index (χ3v) is 14.8. The quantitative estimate of drug-likeness (QED) is 0.0797. The second-order valence-corrected chi connectivity index (χ2v) is 19.4. The van der Waals surface area contributed by atoms with E-state index >= 15 is 4.57 Å². The molecule has 0 bridgehead atoms. The number of ether oxygens (including phenoxy) is 1. The number of carbonyl (C=O) groups excluding carboxylic acids is 3. The summed E-state index contributed by atoms with van der Waals surface area (Å²) < 4.78 is 75.6. The van der Waals surface area contributed by atoms with Crippen LogP contribution in [0.2, 0.25) is 0 Å². The molecule has 5 aliphatic heterocycles. The van der Waals surface area contributed by atoms with Crippen LogP contribution >= 0.6 is 7.60 Å². The lowest BCUT2D eigenvalue weighted by atomic mass is 9.81. The van der Waals surface area contributed by atoms with Crippen LogP contribution < -0.4 is 40.7 Å². The number of nitrogens with zero attached hydrogens (tertiary/aromatic N) is 3. The van der Waals surface area contributed by atoms with Crippen molar-refractivity contribution in [3.8, 4) is 11.5 Å². The molecular formula is C47H58F3N5O8P+. The van der Waals surface area contributed by atoms with Crippen molar-refractivity contribution in [2.45, 2.75) is 90.1 Å². The summed E-state index contributed by atoms with van der Waals surface area (Å²) in [6.45, 7) is 5.13. The Morgan fingerprint density at radius 2 is 1.53 bits per heavy atom. The second-order valence-electron chi connectivity index (χ2n) is 17.3. The van der Waals surface area contributed by atoms with Crippen molar-refractivity contribution < 1.29 is 51.0 Å². The van der Waals surface area contributed by atoms with Gasteiger partial charge in [-0.25, -0.2) is 4.58 Å². The number of aliphatic hydroxyl groups excluding tert-OH is 1. The molecule has 1 atom stereocenters. The highest BCUT2D eigenvalue weighted by molar-refractivity contribution is 7.62. The van der Waals surface area contributed by atoms with Gasteiger partial charge in [0.2, 0.25) is 11.3 Å². The zero-order chi connectivity index (χ0) is 45.2. The van der Waals surface area contributed by atoms with E-state index in [1.54, 1.807) is 25.2 Å². The van der Waals surface area contributed by atoms with Crippen molar-refractivity contribution in [1.29, 1.82) is 0 Å². The Kier molecular flexibility index (Phi) is 13.9. The fraction of sp³-hybridized carbons (Fsp3) is 0.532. The van der Waals surface area contributed by atoms with Gasteiger partial charge >= 0.3 is 19.7 Å². The summed E-state index contributed by atoms with van der Waals surface area (Å²) in [7, 11) is -2.58. The third-order valence-electron chi connectivity index (χ3n) is 12.9. The molecule has 0 radical (unpaired) electrons. The molecule has 5 heterocycles. The van der Waals surface area contributed by atoms with Crippen molar-refractivity contribution in [2.75, 3.05) is 77.6 Å². The van der Waals surface area contributed by atoms with E-state index in [1.807, 2.05) is 5.32 Å². The monoisotopic (exact) mass is 908 g/mol. The lowest BCUT2D eigenvalue weighted by molar-refractivity contribution is -0.173. The zero-order valence-electron chi connectivity index (χ0n) is 36.7. The van der Waals surface area contributed by atoms with Gasteiger partial charge in [-0.15, -0.1) is 0 Å². The Balaban J connectivity index is 1.29. The Morgan fingerprint density at radius 1 is 0.859 bits per heavy atom. The average Bonchev–Trinajstić information content (AvgIpc) is 3.28. The number of likely N-dealkylation sites (N-methyl/N-ethyl adjacent to an activating group) is 1. The van der Waals surface area contributed by atoms with E-state index in [9.17, 15) is 32.7 Å². The number of unbranched alkanes of at least 4 members (excludes halogenated alkanes) is 2. The van der Waals surface area contributed by atoms with Crippen LogP contribution in [0.3, 0.4) is 0 Å². The molecule has 0 saturated carbocycles. The number of hydrogen-bond acceptors (Lipinski definition) is 9. The van der Waals surface area contributed by atoms with Crippen molar-refractivity contribution in [1.82, 2.24) is 20.1 Å². The Hall–Kier alpha value is -4.76. The summed E-state index contributed by atoms with van der Waals surface area (Å²) in [6, 6.07) is 9.37. The van der Waals surface area contributed by atoms with E-state index in [-0.39, 0.29) is 62.9 Å². The van der Waals surface area contributed by atoms with Gasteiger partial charge in [0.25, 0.3) is 5.91 Å². The number of carbonyl (C=O) groups is 3. The van der Waals surface area contributed by atoms with Gasteiger partial charge < -0.3 is 39.3 Å². The van der Waals surface area contributed by atoms with E-state index < -0.39 is 19.7 Å². The molecule has 0 spiro atoms. The molecule has 64 heavy (non-hydrogen) atoms. The first-order valence-corrected chi connectivity index (χ1v) is 24.3. The molecule has 8 rings (SSSR count). The molecule has 3 aromatic rings. The molecule has 17 heteroatoms. The standard InChI is InChI=1S/C47H57F3N5O8P/c1-30(57)51-17-3-5-25-61-64(60,62-26-6-4-18-52-46(59)47(48,49)50)33-15-16-34(45(58)53(2)23-24-56)37(29-33)40-38-27-31-11-7-19-54-21-9-13-35(41(31)54)43(38)63-44-36-14-10-22-55-20-8-12-32(42(36)55)28-39(40)44/h15-16,27-29,56H,3-14,17-26H2,1-2H3,(H-,51,52,57,59)/p+1. The van der Waals surface area contributed by atoms with E-state index in [1.165, 1.54) is 34.0 Å². The number of nitrogens with one attached hydrogen (secondary N) is 2. The Bertz CT molecular complexity index is 2510. The number of aryl methyl sites for hydroxylation is 2. The van der Waals surface area contributed by atoms with Crippen LogP contribution in [0.15, 0.2) is 30.3 Å².